The van der Waals surface area contributed by atoms with E-state index in [4.69, 9.17) is 5.11 Å². The average Bonchev–Trinajstić information content (AvgIpc) is 2.26. The molecule has 0 aromatic rings. The summed E-state index contributed by atoms with van der Waals surface area (Å²) in [5.41, 5.74) is 0. The van der Waals surface area contributed by atoms with Crippen molar-refractivity contribution in [2.75, 3.05) is 0 Å². The smallest absolute Gasteiger partial charge is 0.308 e. The minimum atomic E-state index is -0.839. The lowest BCUT2D eigenvalue weighted by Gasteiger charge is -2.09. The summed E-state index contributed by atoms with van der Waals surface area (Å²) in [7, 11) is 0. The highest BCUT2D eigenvalue weighted by Crippen LogP contribution is 2.24. The van der Waals surface area contributed by atoms with E-state index in [1.807, 2.05) is 0 Å². The Morgan fingerprint density at radius 3 is 2.91 bits per heavy atom. The maximum absolute atomic E-state index is 10.6. The molecule has 1 heterocycles. The molecule has 11 heavy (non-hydrogen) atoms. The fraction of sp³-hybridized carbons (Fsp3) is 0.875. The van der Waals surface area contributed by atoms with Crippen LogP contribution in [0.3, 0.4) is 0 Å². The lowest BCUT2D eigenvalue weighted by atomic mass is 10.0. The highest BCUT2D eigenvalue weighted by molar-refractivity contribution is 5.71. The van der Waals surface area contributed by atoms with Gasteiger partial charge in [-0.1, -0.05) is 19.8 Å². The third-order valence-electron chi connectivity index (χ3n) is 2.01. The monoisotopic (exact) mass is 158 g/mol. The van der Waals surface area contributed by atoms with Crippen LogP contribution in [0.25, 0.3) is 0 Å². The van der Waals surface area contributed by atoms with E-state index >= 15 is 0 Å². The van der Waals surface area contributed by atoms with Crippen LogP contribution in [-0.4, -0.2) is 17.4 Å². The zero-order valence-electron chi connectivity index (χ0n) is 6.75. The molecule has 0 aliphatic carbocycles. The number of cyclic esters (lactones) is 1. The van der Waals surface area contributed by atoms with Crippen LogP contribution in [0.5, 0.6) is 0 Å². The van der Waals surface area contributed by atoms with Crippen molar-refractivity contribution in [3.05, 3.63) is 0 Å². The molecule has 0 aromatic heterocycles. The molecule has 0 bridgehead atoms. The van der Waals surface area contributed by atoms with Gasteiger partial charge in [0, 0.05) is 5.92 Å². The molecule has 1 rings (SSSR count). The molecule has 3 heteroatoms. The molecular weight excluding hydrogens is 144 g/mol. The molecule has 1 saturated heterocycles. The molecule has 1 aliphatic rings. The fourth-order valence-electron chi connectivity index (χ4n) is 1.30. The predicted octanol–water partition coefficient (Wildman–Crippen LogP) is 1.06. The first-order chi connectivity index (χ1) is 5.24. The van der Waals surface area contributed by atoms with E-state index in [2.05, 4.69) is 11.7 Å². The van der Waals surface area contributed by atoms with Gasteiger partial charge in [0.25, 0.3) is 0 Å². The van der Waals surface area contributed by atoms with Crippen molar-refractivity contribution in [1.82, 2.24) is 0 Å². The van der Waals surface area contributed by atoms with Gasteiger partial charge in [-0.05, 0) is 6.42 Å². The van der Waals surface area contributed by atoms with Crippen molar-refractivity contribution in [2.45, 2.75) is 38.9 Å². The van der Waals surface area contributed by atoms with Crippen molar-refractivity contribution in [1.29, 1.82) is 0 Å². The SMILES string of the molecule is CCCC[C@H]1CC(=O)OC1O. The average molecular weight is 158 g/mol. The molecule has 0 radical (unpaired) electrons. The summed E-state index contributed by atoms with van der Waals surface area (Å²) in [6, 6.07) is 0. The number of aliphatic hydroxyl groups excluding tert-OH is 1. The van der Waals surface area contributed by atoms with Crippen LogP contribution in [0.2, 0.25) is 0 Å². The third-order valence-corrected chi connectivity index (χ3v) is 2.01. The Balaban J connectivity index is 2.28. The van der Waals surface area contributed by atoms with Crippen LogP contribution in [-0.2, 0) is 9.53 Å². The van der Waals surface area contributed by atoms with Crippen molar-refractivity contribution >= 4 is 5.97 Å². The predicted molar refractivity (Wildman–Crippen MR) is 39.7 cm³/mol. The first-order valence-corrected chi connectivity index (χ1v) is 4.11. The molecule has 1 N–H and O–H groups in total. The standard InChI is InChI=1S/C8H14O3/c1-2-3-4-6-5-7(9)11-8(6)10/h6,8,10H,2-5H2,1H3/t6-,8?/m0/s1. The van der Waals surface area contributed by atoms with Crippen LogP contribution in [0.4, 0.5) is 0 Å². The molecule has 64 valence electrons. The Labute approximate surface area is 66.4 Å². The van der Waals surface area contributed by atoms with E-state index in [0.29, 0.717) is 6.42 Å². The molecule has 0 saturated carbocycles. The van der Waals surface area contributed by atoms with Gasteiger partial charge >= 0.3 is 5.97 Å². The molecule has 0 aromatic carbocycles. The Morgan fingerprint density at radius 1 is 1.73 bits per heavy atom. The summed E-state index contributed by atoms with van der Waals surface area (Å²) in [6.07, 6.45) is 2.59. The Bertz CT molecular complexity index is 144. The van der Waals surface area contributed by atoms with Gasteiger partial charge in [0.1, 0.15) is 0 Å². The molecule has 3 nitrogen and oxygen atoms in total. The molecule has 1 aliphatic heterocycles. The topological polar surface area (TPSA) is 46.5 Å². The van der Waals surface area contributed by atoms with Crippen molar-refractivity contribution in [2.24, 2.45) is 5.92 Å². The maximum atomic E-state index is 10.6. The lowest BCUT2D eigenvalue weighted by molar-refractivity contribution is -0.156. The van der Waals surface area contributed by atoms with E-state index in [9.17, 15) is 4.79 Å². The quantitative estimate of drug-likeness (QED) is 0.625. The number of esters is 1. The minimum absolute atomic E-state index is 0.0439. The Hall–Kier alpha value is -0.570. The number of rotatable bonds is 3. The number of carbonyl (C=O) groups is 1. The zero-order valence-corrected chi connectivity index (χ0v) is 6.75. The summed E-state index contributed by atoms with van der Waals surface area (Å²) in [4.78, 5) is 10.6. The van der Waals surface area contributed by atoms with Crippen molar-refractivity contribution in [3.8, 4) is 0 Å². The first-order valence-electron chi connectivity index (χ1n) is 4.11. The summed E-state index contributed by atoms with van der Waals surface area (Å²) in [6.45, 7) is 2.09. The number of hydrogen-bond acceptors (Lipinski definition) is 3. The number of unbranched alkanes of at least 4 members (excludes halogenated alkanes) is 1. The summed E-state index contributed by atoms with van der Waals surface area (Å²) in [5.74, 6) is -0.221. The summed E-state index contributed by atoms with van der Waals surface area (Å²) >= 11 is 0. The lowest BCUT2D eigenvalue weighted by Crippen LogP contribution is -2.14. The van der Waals surface area contributed by atoms with Crippen LogP contribution in [0.15, 0.2) is 0 Å². The van der Waals surface area contributed by atoms with Crippen LogP contribution >= 0.6 is 0 Å². The second-order valence-electron chi connectivity index (χ2n) is 2.99. The van der Waals surface area contributed by atoms with E-state index in [1.54, 1.807) is 0 Å². The van der Waals surface area contributed by atoms with E-state index in [-0.39, 0.29) is 11.9 Å². The minimum Gasteiger partial charge on any atom is -0.436 e. The van der Waals surface area contributed by atoms with Crippen molar-refractivity contribution < 1.29 is 14.6 Å². The Morgan fingerprint density at radius 2 is 2.45 bits per heavy atom. The van der Waals surface area contributed by atoms with Crippen LogP contribution in [0, 0.1) is 5.92 Å². The van der Waals surface area contributed by atoms with E-state index in [0.717, 1.165) is 19.3 Å². The third kappa shape index (κ3) is 2.19. The zero-order chi connectivity index (χ0) is 8.27. The molecule has 0 amide bonds. The second-order valence-corrected chi connectivity index (χ2v) is 2.99. The van der Waals surface area contributed by atoms with Gasteiger partial charge in [-0.2, -0.15) is 0 Å². The maximum Gasteiger partial charge on any atom is 0.308 e. The van der Waals surface area contributed by atoms with Gasteiger partial charge in [0.15, 0.2) is 0 Å². The highest BCUT2D eigenvalue weighted by Gasteiger charge is 2.32. The molecule has 1 fully saturated rings. The Kier molecular flexibility index (Phi) is 2.88. The van der Waals surface area contributed by atoms with E-state index < -0.39 is 6.29 Å². The van der Waals surface area contributed by atoms with Crippen LogP contribution < -0.4 is 0 Å². The first kappa shape index (κ1) is 8.53. The highest BCUT2D eigenvalue weighted by atomic mass is 16.6. The normalized spacial score (nSPS) is 30.5. The number of aliphatic hydroxyl groups is 1. The van der Waals surface area contributed by atoms with Crippen molar-refractivity contribution in [3.63, 3.8) is 0 Å². The number of carbonyl (C=O) groups excluding carboxylic acids is 1. The molecule has 2 atom stereocenters. The van der Waals surface area contributed by atoms with Gasteiger partial charge in [-0.3, -0.25) is 4.79 Å². The molecular formula is C8H14O3. The summed E-state index contributed by atoms with van der Waals surface area (Å²) < 4.78 is 4.59. The summed E-state index contributed by atoms with van der Waals surface area (Å²) in [5, 5.41) is 9.14. The molecule has 1 unspecified atom stereocenters. The van der Waals surface area contributed by atoms with Gasteiger partial charge in [0.2, 0.25) is 6.29 Å². The van der Waals surface area contributed by atoms with Gasteiger partial charge < -0.3 is 9.84 Å². The molecule has 0 spiro atoms. The van der Waals surface area contributed by atoms with Gasteiger partial charge in [-0.25, -0.2) is 0 Å². The second kappa shape index (κ2) is 3.72. The van der Waals surface area contributed by atoms with Gasteiger partial charge in [-0.15, -0.1) is 0 Å². The van der Waals surface area contributed by atoms with E-state index in [1.165, 1.54) is 0 Å². The van der Waals surface area contributed by atoms with Crippen LogP contribution in [0.1, 0.15) is 32.6 Å². The number of ether oxygens (including phenoxy) is 1. The number of hydrogen-bond donors (Lipinski definition) is 1. The van der Waals surface area contributed by atoms with Gasteiger partial charge in [0.05, 0.1) is 6.42 Å². The fourth-order valence-corrected chi connectivity index (χ4v) is 1.30. The largest absolute Gasteiger partial charge is 0.436 e.